The first-order valence-corrected chi connectivity index (χ1v) is 9.04. The molecule has 1 aromatic carbocycles. The molecule has 24 heavy (non-hydrogen) atoms. The summed E-state index contributed by atoms with van der Waals surface area (Å²) in [5.41, 5.74) is 2.96. The summed E-state index contributed by atoms with van der Waals surface area (Å²) in [6, 6.07) is 4.56. The third kappa shape index (κ3) is 2.17. The molecule has 1 aliphatic heterocycles. The number of benzene rings is 1. The number of nitrogens with one attached hydrogen (secondary N) is 1. The van der Waals surface area contributed by atoms with Crippen LogP contribution in [0.15, 0.2) is 27.6 Å². The number of hydrogen-bond acceptors (Lipinski definition) is 4. The highest BCUT2D eigenvalue weighted by molar-refractivity contribution is 7.89. The number of hydrogen-bond donors (Lipinski definition) is 1. The SMILES string of the molecule is Cc1noc(C)c1S(=O)(=O)N1CCc2c([nH]c3ccc(F)cc23)C1. The molecule has 0 unspecified atom stereocenters. The topological polar surface area (TPSA) is 79.2 Å². The number of aromatic nitrogens is 2. The monoisotopic (exact) mass is 349 g/mol. The molecular weight excluding hydrogens is 333 g/mol. The highest BCUT2D eigenvalue weighted by atomic mass is 32.2. The van der Waals surface area contributed by atoms with Crippen molar-refractivity contribution in [2.24, 2.45) is 0 Å². The highest BCUT2D eigenvalue weighted by Crippen LogP contribution is 2.32. The molecule has 0 fully saturated rings. The smallest absolute Gasteiger partial charge is 0.248 e. The highest BCUT2D eigenvalue weighted by Gasteiger charge is 2.34. The Morgan fingerprint density at radius 1 is 1.33 bits per heavy atom. The summed E-state index contributed by atoms with van der Waals surface area (Å²) in [4.78, 5) is 3.34. The van der Waals surface area contributed by atoms with Crippen LogP contribution in [0, 0.1) is 19.7 Å². The van der Waals surface area contributed by atoms with E-state index >= 15 is 0 Å². The molecule has 8 heteroatoms. The quantitative estimate of drug-likeness (QED) is 0.771. The van der Waals surface area contributed by atoms with E-state index in [1.165, 1.54) is 16.4 Å². The van der Waals surface area contributed by atoms with Gasteiger partial charge in [0.15, 0.2) is 5.76 Å². The molecular formula is C16H16FN3O3S. The molecule has 6 nitrogen and oxygen atoms in total. The number of H-pyrrole nitrogens is 1. The van der Waals surface area contributed by atoms with Crippen LogP contribution in [-0.4, -0.2) is 29.4 Å². The third-order valence-corrected chi connectivity index (χ3v) is 6.56. The van der Waals surface area contributed by atoms with E-state index in [1.807, 2.05) is 0 Å². The van der Waals surface area contributed by atoms with E-state index in [0.29, 0.717) is 18.7 Å². The first-order chi connectivity index (χ1) is 11.4. The van der Waals surface area contributed by atoms with Gasteiger partial charge in [-0.3, -0.25) is 0 Å². The van der Waals surface area contributed by atoms with E-state index in [1.54, 1.807) is 19.9 Å². The zero-order valence-corrected chi connectivity index (χ0v) is 14.1. The van der Waals surface area contributed by atoms with Gasteiger partial charge in [-0.05, 0) is 44.0 Å². The average molecular weight is 349 g/mol. The normalized spacial score (nSPS) is 15.8. The van der Waals surface area contributed by atoms with Crippen LogP contribution in [0.5, 0.6) is 0 Å². The zero-order chi connectivity index (χ0) is 17.1. The largest absolute Gasteiger partial charge is 0.360 e. The predicted molar refractivity (Wildman–Crippen MR) is 85.5 cm³/mol. The molecule has 0 aliphatic carbocycles. The van der Waals surface area contributed by atoms with Crippen LogP contribution in [0.2, 0.25) is 0 Å². The molecule has 3 aromatic rings. The second kappa shape index (κ2) is 5.15. The summed E-state index contributed by atoms with van der Waals surface area (Å²) in [7, 11) is -3.69. The van der Waals surface area contributed by atoms with E-state index in [9.17, 15) is 12.8 Å². The second-order valence-electron chi connectivity index (χ2n) is 6.01. The maximum Gasteiger partial charge on any atom is 0.248 e. The van der Waals surface area contributed by atoms with Gasteiger partial charge in [-0.1, -0.05) is 5.16 Å². The van der Waals surface area contributed by atoms with Crippen LogP contribution in [-0.2, 0) is 23.0 Å². The van der Waals surface area contributed by atoms with Crippen molar-refractivity contribution in [1.29, 1.82) is 0 Å². The molecule has 0 atom stereocenters. The van der Waals surface area contributed by atoms with Gasteiger partial charge < -0.3 is 9.51 Å². The van der Waals surface area contributed by atoms with Crippen molar-refractivity contribution in [3.8, 4) is 0 Å². The van der Waals surface area contributed by atoms with E-state index in [4.69, 9.17) is 4.52 Å². The van der Waals surface area contributed by atoms with Gasteiger partial charge in [-0.15, -0.1) is 0 Å². The molecule has 3 heterocycles. The summed E-state index contributed by atoms with van der Waals surface area (Å²) in [6.45, 7) is 3.76. The molecule has 2 aromatic heterocycles. The minimum Gasteiger partial charge on any atom is -0.360 e. The number of halogens is 1. The van der Waals surface area contributed by atoms with E-state index in [2.05, 4.69) is 10.1 Å². The molecule has 126 valence electrons. The fourth-order valence-electron chi connectivity index (χ4n) is 3.37. The van der Waals surface area contributed by atoms with Gasteiger partial charge in [0.05, 0.1) is 6.54 Å². The summed E-state index contributed by atoms with van der Waals surface area (Å²) < 4.78 is 45.7. The van der Waals surface area contributed by atoms with Crippen molar-refractivity contribution in [2.75, 3.05) is 6.54 Å². The predicted octanol–water partition coefficient (Wildman–Crippen LogP) is 2.66. The zero-order valence-electron chi connectivity index (χ0n) is 13.3. The molecule has 0 radical (unpaired) electrons. The maximum absolute atomic E-state index is 13.5. The van der Waals surface area contributed by atoms with Gasteiger partial charge in [0, 0.05) is 23.1 Å². The molecule has 0 saturated heterocycles. The Hall–Kier alpha value is -2.19. The Morgan fingerprint density at radius 3 is 2.83 bits per heavy atom. The number of fused-ring (bicyclic) bond motifs is 3. The van der Waals surface area contributed by atoms with Crippen LogP contribution in [0.4, 0.5) is 4.39 Å². The number of aryl methyl sites for hydroxylation is 2. The summed E-state index contributed by atoms with van der Waals surface area (Å²) in [6.07, 6.45) is 0.529. The summed E-state index contributed by atoms with van der Waals surface area (Å²) in [5, 5.41) is 4.55. The molecule has 1 aliphatic rings. The van der Waals surface area contributed by atoms with Crippen LogP contribution in [0.3, 0.4) is 0 Å². The van der Waals surface area contributed by atoms with Crippen molar-refractivity contribution >= 4 is 20.9 Å². The van der Waals surface area contributed by atoms with Crippen molar-refractivity contribution in [2.45, 2.75) is 31.7 Å². The lowest BCUT2D eigenvalue weighted by Crippen LogP contribution is -2.36. The number of rotatable bonds is 2. The standard InChI is InChI=1S/C16H16FN3O3S/c1-9-16(10(2)23-19-9)24(21,22)20-6-5-12-13-7-11(17)3-4-14(13)18-15(12)8-20/h3-4,7,18H,5-6,8H2,1-2H3. The summed E-state index contributed by atoms with van der Waals surface area (Å²) >= 11 is 0. The van der Waals surface area contributed by atoms with Gasteiger partial charge in [0.1, 0.15) is 16.4 Å². The van der Waals surface area contributed by atoms with Crippen LogP contribution in [0.25, 0.3) is 10.9 Å². The summed E-state index contributed by atoms with van der Waals surface area (Å²) in [5.74, 6) is -0.00733. The molecule has 0 saturated carbocycles. The van der Waals surface area contributed by atoms with Gasteiger partial charge in [0.2, 0.25) is 10.0 Å². The van der Waals surface area contributed by atoms with Crippen molar-refractivity contribution < 1.29 is 17.3 Å². The van der Waals surface area contributed by atoms with Crippen LogP contribution < -0.4 is 0 Å². The van der Waals surface area contributed by atoms with Crippen molar-refractivity contribution in [3.63, 3.8) is 0 Å². The molecule has 0 amide bonds. The van der Waals surface area contributed by atoms with Crippen LogP contribution >= 0.6 is 0 Å². The molecule has 4 rings (SSSR count). The first-order valence-electron chi connectivity index (χ1n) is 7.60. The third-order valence-electron chi connectivity index (χ3n) is 4.47. The molecule has 0 spiro atoms. The van der Waals surface area contributed by atoms with Crippen molar-refractivity contribution in [3.05, 3.63) is 46.7 Å². The van der Waals surface area contributed by atoms with Crippen LogP contribution in [0.1, 0.15) is 22.7 Å². The fraction of sp³-hybridized carbons (Fsp3) is 0.312. The Balaban J connectivity index is 1.76. The van der Waals surface area contributed by atoms with Gasteiger partial charge in [-0.2, -0.15) is 4.31 Å². The Kier molecular flexibility index (Phi) is 3.29. The van der Waals surface area contributed by atoms with E-state index < -0.39 is 10.0 Å². The van der Waals surface area contributed by atoms with E-state index in [0.717, 1.165) is 22.2 Å². The molecule has 0 bridgehead atoms. The first kappa shape index (κ1) is 15.3. The number of sulfonamides is 1. The lowest BCUT2D eigenvalue weighted by atomic mass is 10.0. The molecule has 1 N–H and O–H groups in total. The minimum absolute atomic E-state index is 0.133. The lowest BCUT2D eigenvalue weighted by molar-refractivity contribution is 0.380. The number of aromatic amines is 1. The second-order valence-corrected chi connectivity index (χ2v) is 7.89. The Bertz CT molecular complexity index is 1030. The Morgan fingerprint density at radius 2 is 2.12 bits per heavy atom. The van der Waals surface area contributed by atoms with Gasteiger partial charge >= 0.3 is 0 Å². The maximum atomic E-state index is 13.5. The lowest BCUT2D eigenvalue weighted by Gasteiger charge is -2.26. The van der Waals surface area contributed by atoms with E-state index in [-0.39, 0.29) is 23.0 Å². The van der Waals surface area contributed by atoms with Gasteiger partial charge in [0.25, 0.3) is 0 Å². The Labute approximate surface area is 138 Å². The average Bonchev–Trinajstić information content (AvgIpc) is 3.06. The van der Waals surface area contributed by atoms with Gasteiger partial charge in [-0.25, -0.2) is 12.8 Å². The van der Waals surface area contributed by atoms with Crippen molar-refractivity contribution in [1.82, 2.24) is 14.4 Å². The number of nitrogens with zero attached hydrogens (tertiary/aromatic N) is 2. The minimum atomic E-state index is -3.69. The fourth-order valence-corrected chi connectivity index (χ4v) is 5.07.